The first-order valence-electron chi connectivity index (χ1n) is 9.36. The Hall–Kier alpha value is -2.06. The first kappa shape index (κ1) is 21.6. The highest BCUT2D eigenvalue weighted by Gasteiger charge is 2.52. The first-order valence-corrected chi connectivity index (χ1v) is 10.8. The van der Waals surface area contributed by atoms with E-state index in [1.165, 1.54) is 7.05 Å². The lowest BCUT2D eigenvalue weighted by molar-refractivity contribution is -0.142. The Bertz CT molecular complexity index is 858. The van der Waals surface area contributed by atoms with Crippen LogP contribution in [0, 0.1) is 0 Å². The van der Waals surface area contributed by atoms with Crippen molar-refractivity contribution in [1.29, 1.82) is 0 Å². The van der Waals surface area contributed by atoms with Gasteiger partial charge in [-0.1, -0.05) is 5.16 Å². The van der Waals surface area contributed by atoms with E-state index in [1.807, 2.05) is 7.05 Å². The van der Waals surface area contributed by atoms with Gasteiger partial charge in [0.15, 0.2) is 0 Å². The molecule has 0 aromatic carbocycles. The van der Waals surface area contributed by atoms with Crippen LogP contribution in [0.4, 0.5) is 0 Å². The molecule has 3 unspecified atom stereocenters. The average molecular weight is 430 g/mol. The lowest BCUT2D eigenvalue weighted by atomic mass is 9.99. The summed E-state index contributed by atoms with van der Waals surface area (Å²) in [7, 11) is -1.30. The summed E-state index contributed by atoms with van der Waals surface area (Å²) < 4.78 is 37.3. The number of β-lactam (4-membered cyclic amide) rings is 1. The van der Waals surface area contributed by atoms with Crippen LogP contribution >= 0.6 is 0 Å². The highest BCUT2D eigenvalue weighted by Crippen LogP contribution is 2.27. The Kier molecular flexibility index (Phi) is 6.53. The topological polar surface area (TPSA) is 157 Å². The Labute approximate surface area is 168 Å². The number of likely N-dealkylation sites (tertiary alicyclic amines) is 1. The number of nitrogens with one attached hydrogen (secondary N) is 3. The number of carbonyl (C=O) groups excluding carboxylic acids is 2. The molecule has 2 saturated heterocycles. The Morgan fingerprint density at radius 3 is 2.83 bits per heavy atom. The van der Waals surface area contributed by atoms with Gasteiger partial charge in [0.25, 0.3) is 11.8 Å². The van der Waals surface area contributed by atoms with E-state index >= 15 is 0 Å². The zero-order valence-corrected chi connectivity index (χ0v) is 17.1. The molecule has 3 heterocycles. The molecule has 2 amide bonds. The third kappa shape index (κ3) is 4.59. The summed E-state index contributed by atoms with van der Waals surface area (Å²) in [5.41, 5.74) is 0.702. The second-order valence-corrected chi connectivity index (χ2v) is 8.45. The number of likely N-dealkylation sites (N-methyl/N-ethyl adjacent to an activating group) is 2. The fourth-order valence-electron chi connectivity index (χ4n) is 3.74. The monoisotopic (exact) mass is 430 g/mol. The number of amides is 2. The van der Waals surface area contributed by atoms with Crippen molar-refractivity contribution in [3.63, 3.8) is 0 Å². The molecule has 0 bridgehead atoms. The molecule has 0 radical (unpaired) electrons. The minimum Gasteiger partial charge on any atom is -0.351 e. The molecule has 162 valence electrons. The minimum atomic E-state index is -4.69. The van der Waals surface area contributed by atoms with E-state index in [0.717, 1.165) is 32.6 Å². The van der Waals surface area contributed by atoms with Crippen molar-refractivity contribution in [1.82, 2.24) is 30.3 Å². The molecule has 0 aliphatic carbocycles. The van der Waals surface area contributed by atoms with E-state index in [9.17, 15) is 22.6 Å². The van der Waals surface area contributed by atoms with Crippen molar-refractivity contribution in [3.05, 3.63) is 17.5 Å². The molecule has 0 spiro atoms. The fourth-order valence-corrected chi connectivity index (χ4v) is 4.62. The van der Waals surface area contributed by atoms with Crippen LogP contribution < -0.4 is 16.0 Å². The molecule has 4 N–H and O–H groups in total. The molecule has 29 heavy (non-hydrogen) atoms. The zero-order chi connectivity index (χ0) is 21.2. The van der Waals surface area contributed by atoms with Crippen molar-refractivity contribution >= 4 is 22.1 Å². The number of aromatic nitrogens is 1. The van der Waals surface area contributed by atoms with E-state index in [2.05, 4.69) is 26.0 Å². The lowest BCUT2D eigenvalue weighted by Gasteiger charge is -2.43. The maximum atomic E-state index is 12.4. The summed E-state index contributed by atoms with van der Waals surface area (Å²) in [5.74, 6) is -1.15. The molecule has 0 saturated carbocycles. The van der Waals surface area contributed by atoms with Gasteiger partial charge in [-0.05, 0) is 27.1 Å². The predicted molar refractivity (Wildman–Crippen MR) is 102 cm³/mol. The lowest BCUT2D eigenvalue weighted by Crippen LogP contribution is -2.73. The van der Waals surface area contributed by atoms with Crippen LogP contribution in [0.1, 0.15) is 28.6 Å². The van der Waals surface area contributed by atoms with Crippen LogP contribution in [-0.4, -0.2) is 98.0 Å². The van der Waals surface area contributed by atoms with Gasteiger partial charge < -0.3 is 25.4 Å². The van der Waals surface area contributed by atoms with Gasteiger partial charge in [0.1, 0.15) is 6.04 Å². The smallest absolute Gasteiger partial charge is 0.351 e. The van der Waals surface area contributed by atoms with Crippen LogP contribution in [0.2, 0.25) is 0 Å². The van der Waals surface area contributed by atoms with Gasteiger partial charge in [0.2, 0.25) is 5.76 Å². The Morgan fingerprint density at radius 1 is 1.41 bits per heavy atom. The van der Waals surface area contributed by atoms with Crippen molar-refractivity contribution in [2.45, 2.75) is 24.4 Å². The van der Waals surface area contributed by atoms with Crippen LogP contribution in [0.25, 0.3) is 0 Å². The summed E-state index contributed by atoms with van der Waals surface area (Å²) in [6.07, 6.45) is 0.925. The van der Waals surface area contributed by atoms with Crippen LogP contribution in [0.15, 0.2) is 10.6 Å². The third-order valence-corrected chi connectivity index (χ3v) is 6.27. The summed E-state index contributed by atoms with van der Waals surface area (Å²) in [6.45, 7) is 3.46. The number of rotatable bonds is 9. The third-order valence-electron chi connectivity index (χ3n) is 5.32. The van der Waals surface area contributed by atoms with Crippen LogP contribution in [0.3, 0.4) is 0 Å². The van der Waals surface area contributed by atoms with E-state index in [4.69, 9.17) is 4.52 Å². The zero-order valence-electron chi connectivity index (χ0n) is 16.3. The highest BCUT2D eigenvalue weighted by atomic mass is 32.2. The van der Waals surface area contributed by atoms with Crippen molar-refractivity contribution in [3.8, 4) is 0 Å². The molecule has 1 aromatic heterocycles. The molecular formula is C16H26N6O6S. The van der Waals surface area contributed by atoms with E-state index in [0.29, 0.717) is 10.00 Å². The summed E-state index contributed by atoms with van der Waals surface area (Å²) in [4.78, 5) is 26.4. The second kappa shape index (κ2) is 8.75. The quantitative estimate of drug-likeness (QED) is 0.255. The number of hydrogen-bond acceptors (Lipinski definition) is 9. The minimum absolute atomic E-state index is 0.0127. The first-order chi connectivity index (χ1) is 13.8. The maximum absolute atomic E-state index is 12.4. The van der Waals surface area contributed by atoms with Crippen LogP contribution in [0.5, 0.6) is 0 Å². The predicted octanol–water partition coefficient (Wildman–Crippen LogP) is -1.99. The van der Waals surface area contributed by atoms with Gasteiger partial charge in [0, 0.05) is 38.2 Å². The van der Waals surface area contributed by atoms with Gasteiger partial charge in [-0.2, -0.15) is 8.42 Å². The summed E-state index contributed by atoms with van der Waals surface area (Å²) >= 11 is 0. The van der Waals surface area contributed by atoms with Gasteiger partial charge in [-0.15, -0.1) is 0 Å². The maximum Gasteiger partial charge on any atom is 0.362 e. The van der Waals surface area contributed by atoms with Gasteiger partial charge in [-0.3, -0.25) is 14.1 Å². The van der Waals surface area contributed by atoms with Gasteiger partial charge >= 0.3 is 10.3 Å². The molecule has 12 nitrogen and oxygen atoms in total. The van der Waals surface area contributed by atoms with Crippen LogP contribution in [-0.2, 0) is 15.1 Å². The molecule has 13 heteroatoms. The average Bonchev–Trinajstić information content (AvgIpc) is 3.31. The molecule has 2 aliphatic heterocycles. The molecular weight excluding hydrogens is 404 g/mol. The summed E-state index contributed by atoms with van der Waals surface area (Å²) in [6, 6.07) is -0.155. The molecule has 3 rings (SSSR count). The van der Waals surface area contributed by atoms with Crippen molar-refractivity contribution in [2.24, 2.45) is 0 Å². The molecule has 2 aliphatic rings. The molecule has 2 fully saturated rings. The largest absolute Gasteiger partial charge is 0.362 e. The van der Waals surface area contributed by atoms with Gasteiger partial charge in [-0.25, -0.2) is 4.31 Å². The highest BCUT2D eigenvalue weighted by molar-refractivity contribution is 7.84. The van der Waals surface area contributed by atoms with E-state index < -0.39 is 34.2 Å². The normalized spacial score (nSPS) is 25.3. The molecule has 1 aromatic rings. The Balaban J connectivity index is 1.56. The fraction of sp³-hybridized carbons (Fsp3) is 0.688. The number of hydrogen-bond donors (Lipinski definition) is 4. The van der Waals surface area contributed by atoms with Crippen molar-refractivity contribution < 1.29 is 27.1 Å². The standard InChI is InChI=1S/C16H26N6O6S/c1-17-4-6-21-5-3-10(9-21)11-7-13(28-20-11)15(23)19-8-12-14(18-2)16(24)22(12)29(25,26)27/h7,10,12,14,17-18H,3-6,8-9H2,1-2H3,(H,19,23)(H,25,26,27). The van der Waals surface area contributed by atoms with E-state index in [-0.39, 0.29) is 18.2 Å². The van der Waals surface area contributed by atoms with E-state index in [1.54, 1.807) is 6.07 Å². The molecule has 3 atom stereocenters. The summed E-state index contributed by atoms with van der Waals surface area (Å²) in [5, 5.41) is 12.3. The van der Waals surface area contributed by atoms with Crippen molar-refractivity contribution in [2.75, 3.05) is 46.8 Å². The number of carbonyl (C=O) groups is 2. The SMILES string of the molecule is CNCCN1CCC(c2cc(C(=O)NCC3C(NC)C(=O)N3S(=O)(=O)O)on2)C1. The second-order valence-electron chi connectivity index (χ2n) is 7.16. The van der Waals surface area contributed by atoms with Gasteiger partial charge in [0.05, 0.1) is 11.7 Å². The number of nitrogens with zero attached hydrogens (tertiary/aromatic N) is 3. The Morgan fingerprint density at radius 2 is 2.17 bits per heavy atom.